The second-order valence-electron chi connectivity index (χ2n) is 7.82. The number of methoxy groups -OCH3 is 1. The number of nitrogens with one attached hydrogen (secondary N) is 3. The molecule has 1 aliphatic carbocycles. The van der Waals surface area contributed by atoms with E-state index >= 15 is 0 Å². The van der Waals surface area contributed by atoms with Gasteiger partial charge in [0, 0.05) is 29.3 Å². The maximum atomic E-state index is 12.7. The molecule has 0 spiro atoms. The third kappa shape index (κ3) is 5.09. The van der Waals surface area contributed by atoms with Gasteiger partial charge in [-0.25, -0.2) is 4.98 Å². The van der Waals surface area contributed by atoms with Crippen LogP contribution in [0.3, 0.4) is 0 Å². The van der Waals surface area contributed by atoms with Crippen molar-refractivity contribution in [1.29, 1.82) is 0 Å². The molecule has 0 bridgehead atoms. The maximum absolute atomic E-state index is 12.7. The van der Waals surface area contributed by atoms with Gasteiger partial charge in [-0.2, -0.15) is 4.98 Å². The molecule has 0 aliphatic heterocycles. The average molecular weight is 471 g/mol. The molecule has 0 unspecified atom stereocenters. The Balaban J connectivity index is 1.70. The van der Waals surface area contributed by atoms with Crippen LogP contribution in [0.25, 0.3) is 11.4 Å². The van der Waals surface area contributed by atoms with Crippen LogP contribution in [-0.4, -0.2) is 70.2 Å². The lowest BCUT2D eigenvalue weighted by atomic mass is 10.2. The second kappa shape index (κ2) is 9.79. The van der Waals surface area contributed by atoms with Gasteiger partial charge in [0.25, 0.3) is 5.91 Å². The van der Waals surface area contributed by atoms with Crippen LogP contribution in [0, 0.1) is 5.92 Å². The zero-order valence-electron chi connectivity index (χ0n) is 21.7. The van der Waals surface area contributed by atoms with Crippen molar-refractivity contribution >= 4 is 29.1 Å². The summed E-state index contributed by atoms with van der Waals surface area (Å²) in [5.41, 5.74) is 0.154. The predicted molar refractivity (Wildman–Crippen MR) is 122 cm³/mol. The molecule has 2 amide bonds. The summed E-state index contributed by atoms with van der Waals surface area (Å²) in [6, 6.07) is 2.99. The number of amides is 2. The number of hydrogen-bond acceptors (Lipinski definition) is 11. The van der Waals surface area contributed by atoms with Crippen molar-refractivity contribution in [2.45, 2.75) is 19.4 Å². The number of ether oxygens (including phenoxy) is 1. The van der Waals surface area contributed by atoms with E-state index in [1.54, 1.807) is 6.07 Å². The Hall–Kier alpha value is -4.13. The van der Waals surface area contributed by atoms with Crippen molar-refractivity contribution in [3.8, 4) is 17.1 Å². The highest BCUT2D eigenvalue weighted by molar-refractivity contribution is 5.99. The Kier molecular flexibility index (Phi) is 5.57. The summed E-state index contributed by atoms with van der Waals surface area (Å²) >= 11 is 0. The first-order chi connectivity index (χ1) is 17.5. The monoisotopic (exact) mass is 470 g/mol. The van der Waals surface area contributed by atoms with E-state index in [0.29, 0.717) is 18.0 Å². The molecule has 1 fully saturated rings. The van der Waals surface area contributed by atoms with Crippen LogP contribution in [0.1, 0.15) is 33.3 Å². The number of aromatic nitrogens is 5. The molecular formula is C21H25N9O4. The van der Waals surface area contributed by atoms with E-state index in [1.807, 2.05) is 24.3 Å². The van der Waals surface area contributed by atoms with Gasteiger partial charge in [-0.15, -0.1) is 10.2 Å². The summed E-state index contributed by atoms with van der Waals surface area (Å²) in [5, 5.41) is 19.2. The van der Waals surface area contributed by atoms with Crippen LogP contribution in [0.5, 0.6) is 5.75 Å². The van der Waals surface area contributed by atoms with Gasteiger partial charge in [-0.05, 0) is 33.0 Å². The van der Waals surface area contributed by atoms with E-state index in [9.17, 15) is 9.59 Å². The number of carbonyl (C=O) groups excluding carboxylic acids is 2. The Labute approximate surface area is 199 Å². The van der Waals surface area contributed by atoms with E-state index in [-0.39, 0.29) is 46.4 Å². The fraction of sp³-hybridized carbons (Fsp3) is 0.381. The van der Waals surface area contributed by atoms with Gasteiger partial charge < -0.3 is 30.1 Å². The van der Waals surface area contributed by atoms with Crippen LogP contribution in [0.15, 0.2) is 22.9 Å². The standard InChI is InChI=1S/C21H25N9O4/c1-22-21(32)16-13(9-14(27-28-16)25-20(31)11-5-6-11)24-19-17(33-4)12(7-8-23-19)18-26-15(34-29-18)10-30(2)3/h7-9,11H,5-6,10H2,1-4H3,(H,22,32)(H2,23,24,25,27,31)/i1D3. The Morgan fingerprint density at radius 1 is 1.32 bits per heavy atom. The molecule has 3 aromatic rings. The minimum atomic E-state index is -2.76. The largest absolute Gasteiger partial charge is 0.492 e. The van der Waals surface area contributed by atoms with E-state index in [2.05, 4.69) is 36.0 Å². The van der Waals surface area contributed by atoms with Gasteiger partial charge in [-0.3, -0.25) is 9.59 Å². The molecule has 13 heteroatoms. The van der Waals surface area contributed by atoms with E-state index < -0.39 is 12.9 Å². The predicted octanol–water partition coefficient (Wildman–Crippen LogP) is 1.44. The zero-order chi connectivity index (χ0) is 26.7. The molecule has 13 nitrogen and oxygen atoms in total. The number of carbonyl (C=O) groups is 2. The average Bonchev–Trinajstić information content (AvgIpc) is 3.57. The SMILES string of the molecule is [2H]C([2H])([2H])NC(=O)c1nnc(NC(=O)C2CC2)cc1Nc1nccc(-c2noc(CN(C)C)n2)c1OC. The van der Waals surface area contributed by atoms with Crippen LogP contribution in [0.4, 0.5) is 17.3 Å². The summed E-state index contributed by atoms with van der Waals surface area (Å²) in [6.07, 6.45) is 3.03. The highest BCUT2D eigenvalue weighted by Gasteiger charge is 2.30. The van der Waals surface area contributed by atoms with E-state index in [4.69, 9.17) is 13.4 Å². The van der Waals surface area contributed by atoms with Gasteiger partial charge in [0.1, 0.15) is 0 Å². The Morgan fingerprint density at radius 2 is 2.15 bits per heavy atom. The molecule has 34 heavy (non-hydrogen) atoms. The van der Waals surface area contributed by atoms with Crippen LogP contribution in [0.2, 0.25) is 0 Å². The molecule has 3 N–H and O–H groups in total. The number of hydrogen-bond donors (Lipinski definition) is 3. The normalized spacial score (nSPS) is 14.6. The van der Waals surface area contributed by atoms with Gasteiger partial charge in [0.05, 0.1) is 24.9 Å². The summed E-state index contributed by atoms with van der Waals surface area (Å²) < 4.78 is 32.9. The quantitative estimate of drug-likeness (QED) is 0.415. The molecular weight excluding hydrogens is 442 g/mol. The highest BCUT2D eigenvalue weighted by atomic mass is 16.5. The fourth-order valence-electron chi connectivity index (χ4n) is 3.10. The second-order valence-corrected chi connectivity index (χ2v) is 7.82. The molecule has 0 saturated heterocycles. The van der Waals surface area contributed by atoms with Gasteiger partial charge in [0.2, 0.25) is 17.6 Å². The fourth-order valence-corrected chi connectivity index (χ4v) is 3.10. The molecule has 178 valence electrons. The highest BCUT2D eigenvalue weighted by Crippen LogP contribution is 2.36. The number of nitrogens with zero attached hydrogens (tertiary/aromatic N) is 6. The molecule has 0 radical (unpaired) electrons. The first-order valence-corrected chi connectivity index (χ1v) is 10.3. The minimum Gasteiger partial charge on any atom is -0.492 e. The Morgan fingerprint density at radius 3 is 2.85 bits per heavy atom. The number of rotatable bonds is 9. The summed E-state index contributed by atoms with van der Waals surface area (Å²) in [6.45, 7) is -2.32. The molecule has 1 saturated carbocycles. The zero-order valence-corrected chi connectivity index (χ0v) is 18.7. The molecule has 0 aromatic carbocycles. The van der Waals surface area contributed by atoms with Gasteiger partial charge >= 0.3 is 0 Å². The molecule has 0 atom stereocenters. The van der Waals surface area contributed by atoms with Crippen molar-refractivity contribution in [3.63, 3.8) is 0 Å². The van der Waals surface area contributed by atoms with Crippen LogP contribution >= 0.6 is 0 Å². The van der Waals surface area contributed by atoms with Crippen molar-refractivity contribution in [2.24, 2.45) is 5.92 Å². The summed E-state index contributed by atoms with van der Waals surface area (Å²) in [7, 11) is 5.15. The van der Waals surface area contributed by atoms with E-state index in [1.165, 1.54) is 19.4 Å². The molecule has 3 aromatic heterocycles. The topological polar surface area (TPSA) is 160 Å². The molecule has 3 heterocycles. The van der Waals surface area contributed by atoms with Crippen molar-refractivity contribution in [2.75, 3.05) is 38.8 Å². The molecule has 4 rings (SSSR count). The molecule has 1 aliphatic rings. The van der Waals surface area contributed by atoms with Gasteiger partial charge in [-0.1, -0.05) is 5.16 Å². The Bertz CT molecular complexity index is 1310. The van der Waals surface area contributed by atoms with Crippen molar-refractivity contribution in [3.05, 3.63) is 29.9 Å². The van der Waals surface area contributed by atoms with Crippen LogP contribution < -0.4 is 20.7 Å². The first kappa shape index (κ1) is 19.3. The smallest absolute Gasteiger partial charge is 0.273 e. The minimum absolute atomic E-state index is 0.0344. The van der Waals surface area contributed by atoms with E-state index in [0.717, 1.165) is 12.8 Å². The number of anilines is 3. The third-order valence-corrected chi connectivity index (χ3v) is 4.84. The first-order valence-electron chi connectivity index (χ1n) is 11.8. The lowest BCUT2D eigenvalue weighted by molar-refractivity contribution is -0.117. The lowest BCUT2D eigenvalue weighted by Crippen LogP contribution is -2.22. The maximum Gasteiger partial charge on any atom is 0.273 e. The lowest BCUT2D eigenvalue weighted by Gasteiger charge is -2.15. The van der Waals surface area contributed by atoms with Crippen molar-refractivity contribution in [1.82, 2.24) is 35.5 Å². The number of pyridine rings is 1. The third-order valence-electron chi connectivity index (χ3n) is 4.84. The van der Waals surface area contributed by atoms with Gasteiger partial charge in [0.15, 0.2) is 23.1 Å². The van der Waals surface area contributed by atoms with Crippen LogP contribution in [-0.2, 0) is 11.3 Å². The summed E-state index contributed by atoms with van der Waals surface area (Å²) in [4.78, 5) is 35.4. The summed E-state index contributed by atoms with van der Waals surface area (Å²) in [5.74, 6) is -0.221. The van der Waals surface area contributed by atoms with Crippen molar-refractivity contribution < 1.29 is 23.0 Å².